The lowest BCUT2D eigenvalue weighted by atomic mass is 10.0. The highest BCUT2D eigenvalue weighted by atomic mass is 79.9. The van der Waals surface area contributed by atoms with E-state index in [0.717, 1.165) is 15.6 Å². The van der Waals surface area contributed by atoms with Gasteiger partial charge in [0.1, 0.15) is 0 Å². The van der Waals surface area contributed by atoms with Crippen LogP contribution in [0, 0.1) is 0 Å². The third-order valence-corrected chi connectivity index (χ3v) is 3.37. The van der Waals surface area contributed by atoms with Gasteiger partial charge in [-0.25, -0.2) is 0 Å². The molecule has 2 aromatic rings. The summed E-state index contributed by atoms with van der Waals surface area (Å²) >= 11 is 9.47. The zero-order valence-corrected chi connectivity index (χ0v) is 11.5. The molecule has 0 saturated heterocycles. The maximum atomic E-state index is 11.3. The van der Waals surface area contributed by atoms with Gasteiger partial charge in [-0.3, -0.25) is 4.79 Å². The fourth-order valence-corrected chi connectivity index (χ4v) is 2.20. The Balaban J connectivity index is 2.44. The van der Waals surface area contributed by atoms with Crippen LogP contribution in [0.15, 0.2) is 46.9 Å². The van der Waals surface area contributed by atoms with E-state index in [1.807, 2.05) is 36.4 Å². The predicted molar refractivity (Wildman–Crippen MR) is 74.6 cm³/mol. The van der Waals surface area contributed by atoms with Crippen molar-refractivity contribution in [3.05, 3.63) is 57.5 Å². The molecule has 0 aliphatic carbocycles. The average Bonchev–Trinajstić information content (AvgIpc) is 2.29. The number of rotatable bonds is 2. The van der Waals surface area contributed by atoms with Crippen LogP contribution < -0.4 is 0 Å². The summed E-state index contributed by atoms with van der Waals surface area (Å²) in [5.74, 6) is -0.0163. The van der Waals surface area contributed by atoms with Crippen LogP contribution in [0.4, 0.5) is 0 Å². The fraction of sp³-hybridized carbons (Fsp3) is 0.0714. The molecule has 0 amide bonds. The number of Topliss-reactive ketones (excluding diaryl/α,β-unsaturated/α-hetero) is 1. The zero-order chi connectivity index (χ0) is 12.4. The number of benzene rings is 2. The number of carbonyl (C=O) groups excluding carboxylic acids is 1. The monoisotopic (exact) mass is 308 g/mol. The first-order valence-corrected chi connectivity index (χ1v) is 6.31. The van der Waals surface area contributed by atoms with E-state index in [-0.39, 0.29) is 5.78 Å². The first-order valence-electron chi connectivity index (χ1n) is 5.14. The molecule has 0 bridgehead atoms. The molecule has 2 rings (SSSR count). The van der Waals surface area contributed by atoms with Gasteiger partial charge in [0.05, 0.1) is 5.02 Å². The van der Waals surface area contributed by atoms with Gasteiger partial charge >= 0.3 is 0 Å². The van der Waals surface area contributed by atoms with Crippen LogP contribution in [0.5, 0.6) is 0 Å². The Labute approximate surface area is 114 Å². The van der Waals surface area contributed by atoms with E-state index in [0.29, 0.717) is 10.6 Å². The Morgan fingerprint density at radius 2 is 1.65 bits per heavy atom. The van der Waals surface area contributed by atoms with Crippen molar-refractivity contribution in [1.82, 2.24) is 0 Å². The van der Waals surface area contributed by atoms with Crippen LogP contribution in [-0.2, 0) is 0 Å². The van der Waals surface area contributed by atoms with Gasteiger partial charge in [-0.2, -0.15) is 0 Å². The largest absolute Gasteiger partial charge is 0.294 e. The van der Waals surface area contributed by atoms with Crippen LogP contribution in [-0.4, -0.2) is 5.78 Å². The van der Waals surface area contributed by atoms with Gasteiger partial charge in [-0.15, -0.1) is 0 Å². The minimum absolute atomic E-state index is 0.0163. The highest BCUT2D eigenvalue weighted by Crippen LogP contribution is 2.26. The molecule has 1 nitrogen and oxygen atoms in total. The van der Waals surface area contributed by atoms with Crippen molar-refractivity contribution >= 4 is 33.3 Å². The number of halogens is 2. The van der Waals surface area contributed by atoms with Gasteiger partial charge in [0, 0.05) is 10.0 Å². The van der Waals surface area contributed by atoms with Gasteiger partial charge < -0.3 is 0 Å². The maximum absolute atomic E-state index is 11.3. The second kappa shape index (κ2) is 5.03. The molecule has 0 fully saturated rings. The molecule has 3 heteroatoms. The van der Waals surface area contributed by atoms with Gasteiger partial charge in [0.25, 0.3) is 0 Å². The molecule has 2 aromatic carbocycles. The van der Waals surface area contributed by atoms with Crippen molar-refractivity contribution in [2.75, 3.05) is 0 Å². The fourth-order valence-electron chi connectivity index (χ4n) is 1.62. The Kier molecular flexibility index (Phi) is 3.65. The zero-order valence-electron chi connectivity index (χ0n) is 9.21. The minimum Gasteiger partial charge on any atom is -0.294 e. The summed E-state index contributed by atoms with van der Waals surface area (Å²) in [6.07, 6.45) is 0. The van der Waals surface area contributed by atoms with E-state index in [1.54, 1.807) is 6.07 Å². The van der Waals surface area contributed by atoms with Crippen molar-refractivity contribution < 1.29 is 4.79 Å². The molecule has 86 valence electrons. The molecular weight excluding hydrogens is 300 g/mol. The van der Waals surface area contributed by atoms with E-state index in [9.17, 15) is 4.79 Å². The van der Waals surface area contributed by atoms with Crippen molar-refractivity contribution in [3.8, 4) is 11.1 Å². The van der Waals surface area contributed by atoms with E-state index < -0.39 is 0 Å². The topological polar surface area (TPSA) is 17.1 Å². The molecule has 0 radical (unpaired) electrons. The van der Waals surface area contributed by atoms with Crippen LogP contribution >= 0.6 is 27.5 Å². The predicted octanol–water partition coefficient (Wildman–Crippen LogP) is 4.97. The number of hydrogen-bond acceptors (Lipinski definition) is 1. The van der Waals surface area contributed by atoms with Gasteiger partial charge in [0.2, 0.25) is 0 Å². The number of ketones is 1. The Morgan fingerprint density at radius 3 is 2.18 bits per heavy atom. The van der Waals surface area contributed by atoms with Crippen molar-refractivity contribution in [2.24, 2.45) is 0 Å². The Bertz CT molecular complexity index is 561. The van der Waals surface area contributed by atoms with Crippen LogP contribution in [0.25, 0.3) is 11.1 Å². The summed E-state index contributed by atoms with van der Waals surface area (Å²) in [4.78, 5) is 11.3. The summed E-state index contributed by atoms with van der Waals surface area (Å²) in [6.45, 7) is 1.51. The Morgan fingerprint density at radius 1 is 1.06 bits per heavy atom. The van der Waals surface area contributed by atoms with Crippen LogP contribution in [0.1, 0.15) is 17.3 Å². The molecule has 0 aliphatic rings. The molecule has 0 heterocycles. The first-order chi connectivity index (χ1) is 8.08. The number of hydrogen-bond donors (Lipinski definition) is 0. The van der Waals surface area contributed by atoms with Crippen LogP contribution in [0.3, 0.4) is 0 Å². The molecule has 0 spiro atoms. The Hall–Kier alpha value is -1.12. The summed E-state index contributed by atoms with van der Waals surface area (Å²) in [5, 5.41) is 0.498. The first kappa shape index (κ1) is 12.3. The lowest BCUT2D eigenvalue weighted by Crippen LogP contribution is -1.93. The minimum atomic E-state index is -0.0163. The molecule has 0 aromatic heterocycles. The van der Waals surface area contributed by atoms with Gasteiger partial charge in [-0.05, 0) is 42.3 Å². The van der Waals surface area contributed by atoms with Gasteiger partial charge in [0.15, 0.2) is 5.78 Å². The second-order valence-corrected chi connectivity index (χ2v) is 5.08. The molecule has 0 saturated carbocycles. The standard InChI is InChI=1S/C14H10BrClO/c1-9(17)13-7-4-11(8-14(13)16)10-2-5-12(15)6-3-10/h2-8H,1H3. The summed E-state index contributed by atoms with van der Waals surface area (Å²) in [7, 11) is 0. The molecular formula is C14H10BrClO. The molecule has 0 aliphatic heterocycles. The van der Waals surface area contributed by atoms with E-state index in [2.05, 4.69) is 15.9 Å². The summed E-state index contributed by atoms with van der Waals surface area (Å²) < 4.78 is 1.03. The molecule has 0 atom stereocenters. The maximum Gasteiger partial charge on any atom is 0.161 e. The lowest BCUT2D eigenvalue weighted by Gasteiger charge is -2.05. The lowest BCUT2D eigenvalue weighted by molar-refractivity contribution is 0.101. The highest BCUT2D eigenvalue weighted by Gasteiger charge is 2.07. The van der Waals surface area contributed by atoms with E-state index in [1.165, 1.54) is 6.92 Å². The SMILES string of the molecule is CC(=O)c1ccc(-c2ccc(Br)cc2)cc1Cl. The van der Waals surface area contributed by atoms with Crippen molar-refractivity contribution in [1.29, 1.82) is 0 Å². The second-order valence-electron chi connectivity index (χ2n) is 3.76. The third kappa shape index (κ3) is 2.76. The summed E-state index contributed by atoms with van der Waals surface area (Å²) in [6, 6.07) is 13.5. The third-order valence-electron chi connectivity index (χ3n) is 2.53. The van der Waals surface area contributed by atoms with Crippen molar-refractivity contribution in [2.45, 2.75) is 6.92 Å². The van der Waals surface area contributed by atoms with E-state index in [4.69, 9.17) is 11.6 Å². The van der Waals surface area contributed by atoms with E-state index >= 15 is 0 Å². The molecule has 17 heavy (non-hydrogen) atoms. The average molecular weight is 310 g/mol. The molecule has 0 N–H and O–H groups in total. The van der Waals surface area contributed by atoms with Crippen LogP contribution in [0.2, 0.25) is 5.02 Å². The van der Waals surface area contributed by atoms with Gasteiger partial charge in [-0.1, -0.05) is 45.7 Å². The highest BCUT2D eigenvalue weighted by molar-refractivity contribution is 9.10. The summed E-state index contributed by atoms with van der Waals surface area (Å²) in [5.41, 5.74) is 2.64. The van der Waals surface area contributed by atoms with Crippen molar-refractivity contribution in [3.63, 3.8) is 0 Å². The smallest absolute Gasteiger partial charge is 0.161 e. The molecule has 0 unspecified atom stereocenters. The normalized spacial score (nSPS) is 10.3. The number of carbonyl (C=O) groups is 1. The quantitative estimate of drug-likeness (QED) is 0.716.